The average molecular weight is 337 g/mol. The minimum absolute atomic E-state index is 0.192. The highest BCUT2D eigenvalue weighted by atomic mass is 35.5. The van der Waals surface area contributed by atoms with E-state index in [1.54, 1.807) is 6.20 Å². The van der Waals surface area contributed by atoms with Gasteiger partial charge >= 0.3 is 0 Å². The fourth-order valence-corrected chi connectivity index (χ4v) is 3.40. The minimum atomic E-state index is 0.192. The first-order chi connectivity index (χ1) is 9.50. The number of pyridine rings is 1. The van der Waals surface area contributed by atoms with Gasteiger partial charge in [0.2, 0.25) is 0 Å². The van der Waals surface area contributed by atoms with Crippen LogP contribution >= 0.6 is 34.8 Å². The Morgan fingerprint density at radius 1 is 1.25 bits per heavy atom. The molecule has 0 radical (unpaired) electrons. The van der Waals surface area contributed by atoms with E-state index in [9.17, 15) is 0 Å². The third kappa shape index (κ3) is 3.77. The molecule has 1 saturated heterocycles. The molecule has 2 rings (SSSR count). The summed E-state index contributed by atoms with van der Waals surface area (Å²) in [6, 6.07) is 0.192. The third-order valence-corrected chi connectivity index (χ3v) is 4.65. The van der Waals surface area contributed by atoms with Crippen molar-refractivity contribution in [2.45, 2.75) is 26.3 Å². The summed E-state index contributed by atoms with van der Waals surface area (Å²) in [4.78, 5) is 6.45. The quantitative estimate of drug-likeness (QED) is 0.841. The molecule has 1 atom stereocenters. The molecule has 0 unspecified atom stereocenters. The zero-order chi connectivity index (χ0) is 14.7. The van der Waals surface area contributed by atoms with Crippen molar-refractivity contribution in [1.29, 1.82) is 0 Å². The molecule has 0 saturated carbocycles. The molecule has 0 amide bonds. The first-order valence-corrected chi connectivity index (χ1v) is 8.08. The van der Waals surface area contributed by atoms with Crippen molar-refractivity contribution in [2.24, 2.45) is 5.92 Å². The van der Waals surface area contributed by atoms with Crippen LogP contribution < -0.4 is 5.32 Å². The lowest BCUT2D eigenvalue weighted by Gasteiger charge is -2.37. The summed E-state index contributed by atoms with van der Waals surface area (Å²) in [5.41, 5.74) is 0.920. The molecule has 20 heavy (non-hydrogen) atoms. The van der Waals surface area contributed by atoms with Crippen LogP contribution in [0.15, 0.2) is 6.20 Å². The van der Waals surface area contributed by atoms with Crippen molar-refractivity contribution in [3.05, 3.63) is 27.0 Å². The number of piperazine rings is 1. The van der Waals surface area contributed by atoms with E-state index in [4.69, 9.17) is 34.8 Å². The largest absolute Gasteiger partial charge is 0.314 e. The van der Waals surface area contributed by atoms with Crippen molar-refractivity contribution in [1.82, 2.24) is 15.2 Å². The molecule has 1 N–H and O–H groups in total. The molecule has 112 valence electrons. The van der Waals surface area contributed by atoms with Gasteiger partial charge in [-0.15, -0.1) is 0 Å². The van der Waals surface area contributed by atoms with Gasteiger partial charge < -0.3 is 5.32 Å². The van der Waals surface area contributed by atoms with E-state index in [0.29, 0.717) is 21.1 Å². The highest BCUT2D eigenvalue weighted by molar-refractivity contribution is 6.43. The number of hydrogen-bond acceptors (Lipinski definition) is 3. The van der Waals surface area contributed by atoms with Gasteiger partial charge in [-0.25, -0.2) is 4.98 Å². The van der Waals surface area contributed by atoms with Crippen molar-refractivity contribution in [2.75, 3.05) is 26.2 Å². The van der Waals surface area contributed by atoms with E-state index in [-0.39, 0.29) is 6.04 Å². The predicted octanol–water partition coefficient (Wildman–Crippen LogP) is 4.03. The Bertz CT molecular complexity index is 459. The Labute approximate surface area is 135 Å². The van der Waals surface area contributed by atoms with Gasteiger partial charge in [0.1, 0.15) is 5.15 Å². The van der Waals surface area contributed by atoms with Gasteiger partial charge in [0.25, 0.3) is 0 Å². The normalized spacial score (nSPS) is 18.5. The van der Waals surface area contributed by atoms with Crippen molar-refractivity contribution >= 4 is 34.8 Å². The van der Waals surface area contributed by atoms with Gasteiger partial charge in [-0.05, 0) is 12.3 Å². The molecule has 2 heterocycles. The van der Waals surface area contributed by atoms with E-state index < -0.39 is 0 Å². The first-order valence-electron chi connectivity index (χ1n) is 6.95. The van der Waals surface area contributed by atoms with Crippen LogP contribution in [0, 0.1) is 5.92 Å². The lowest BCUT2D eigenvalue weighted by molar-refractivity contribution is 0.154. The second-order valence-electron chi connectivity index (χ2n) is 5.56. The molecular formula is C14H20Cl3N3. The van der Waals surface area contributed by atoms with Crippen LogP contribution in [0.5, 0.6) is 0 Å². The molecule has 0 aliphatic carbocycles. The summed E-state index contributed by atoms with van der Waals surface area (Å²) < 4.78 is 0. The van der Waals surface area contributed by atoms with E-state index in [1.807, 2.05) is 0 Å². The number of rotatable bonds is 4. The maximum Gasteiger partial charge on any atom is 0.148 e. The average Bonchev–Trinajstić information content (AvgIpc) is 2.43. The zero-order valence-electron chi connectivity index (χ0n) is 11.8. The summed E-state index contributed by atoms with van der Waals surface area (Å²) in [6.07, 6.45) is 2.60. The number of nitrogens with zero attached hydrogens (tertiary/aromatic N) is 2. The lowest BCUT2D eigenvalue weighted by atomic mass is 9.95. The highest BCUT2D eigenvalue weighted by Gasteiger charge is 2.28. The summed E-state index contributed by atoms with van der Waals surface area (Å²) in [6.45, 7) is 8.37. The second-order valence-corrected chi connectivity index (χ2v) is 6.70. The van der Waals surface area contributed by atoms with Crippen LogP contribution in [0.3, 0.4) is 0 Å². The minimum Gasteiger partial charge on any atom is -0.314 e. The lowest BCUT2D eigenvalue weighted by Crippen LogP contribution is -2.45. The maximum atomic E-state index is 6.37. The van der Waals surface area contributed by atoms with Crippen molar-refractivity contribution < 1.29 is 0 Å². The van der Waals surface area contributed by atoms with E-state index in [2.05, 4.69) is 29.0 Å². The number of hydrogen-bond donors (Lipinski definition) is 1. The van der Waals surface area contributed by atoms with Crippen LogP contribution in [0.4, 0.5) is 0 Å². The SMILES string of the molecule is CC(C)C[C@H](c1c(Cl)cnc(Cl)c1Cl)N1CCNCC1. The summed E-state index contributed by atoms with van der Waals surface area (Å²) in [7, 11) is 0. The van der Waals surface area contributed by atoms with E-state index in [0.717, 1.165) is 38.2 Å². The fourth-order valence-electron chi connectivity index (χ4n) is 2.65. The Morgan fingerprint density at radius 2 is 1.90 bits per heavy atom. The van der Waals surface area contributed by atoms with Crippen molar-refractivity contribution in [3.8, 4) is 0 Å². The van der Waals surface area contributed by atoms with Crippen LogP contribution in [0.2, 0.25) is 15.2 Å². The molecular weight excluding hydrogens is 317 g/mol. The summed E-state index contributed by atoms with van der Waals surface area (Å²) in [5.74, 6) is 0.550. The van der Waals surface area contributed by atoms with Crippen LogP contribution in [0.1, 0.15) is 31.9 Å². The summed E-state index contributed by atoms with van der Waals surface area (Å²) in [5, 5.41) is 4.79. The van der Waals surface area contributed by atoms with E-state index in [1.165, 1.54) is 0 Å². The monoisotopic (exact) mass is 335 g/mol. The zero-order valence-corrected chi connectivity index (χ0v) is 14.1. The Hall–Kier alpha value is -0.0600. The van der Waals surface area contributed by atoms with Gasteiger partial charge in [-0.2, -0.15) is 0 Å². The molecule has 1 aromatic rings. The van der Waals surface area contributed by atoms with Crippen molar-refractivity contribution in [3.63, 3.8) is 0 Å². The summed E-state index contributed by atoms with van der Waals surface area (Å²) >= 11 is 18.8. The fraction of sp³-hybridized carbons (Fsp3) is 0.643. The highest BCUT2D eigenvalue weighted by Crippen LogP contribution is 2.39. The number of aromatic nitrogens is 1. The van der Waals surface area contributed by atoms with Gasteiger partial charge in [-0.3, -0.25) is 4.90 Å². The second kappa shape index (κ2) is 7.28. The smallest absolute Gasteiger partial charge is 0.148 e. The standard InChI is InChI=1S/C14H20Cl3N3/c1-9(2)7-11(20-5-3-18-4-6-20)12-10(15)8-19-14(17)13(12)16/h8-9,11,18H,3-7H2,1-2H3/t11-/m1/s1. The van der Waals surface area contributed by atoms with Gasteiger partial charge in [-0.1, -0.05) is 48.7 Å². The molecule has 0 aromatic carbocycles. The molecule has 1 aliphatic rings. The molecule has 1 fully saturated rings. The Morgan fingerprint density at radius 3 is 2.50 bits per heavy atom. The van der Waals surface area contributed by atoms with Gasteiger partial charge in [0, 0.05) is 44.0 Å². The molecule has 3 nitrogen and oxygen atoms in total. The first kappa shape index (κ1) is 16.3. The number of halogens is 3. The van der Waals surface area contributed by atoms with Crippen LogP contribution in [-0.4, -0.2) is 36.1 Å². The molecule has 1 aliphatic heterocycles. The molecule has 0 bridgehead atoms. The molecule has 6 heteroatoms. The predicted molar refractivity (Wildman–Crippen MR) is 85.9 cm³/mol. The Kier molecular flexibility index (Phi) is 5.94. The third-order valence-electron chi connectivity index (χ3n) is 3.59. The van der Waals surface area contributed by atoms with Gasteiger partial charge in [0.05, 0.1) is 10.0 Å². The maximum absolute atomic E-state index is 6.37. The van der Waals surface area contributed by atoms with Crippen LogP contribution in [-0.2, 0) is 0 Å². The topological polar surface area (TPSA) is 28.2 Å². The number of nitrogens with one attached hydrogen (secondary N) is 1. The van der Waals surface area contributed by atoms with E-state index >= 15 is 0 Å². The Balaban J connectivity index is 2.37. The molecule has 1 aromatic heterocycles. The van der Waals surface area contributed by atoms with Crippen LogP contribution in [0.25, 0.3) is 0 Å². The van der Waals surface area contributed by atoms with Gasteiger partial charge in [0.15, 0.2) is 0 Å². The molecule has 0 spiro atoms.